The Morgan fingerprint density at radius 2 is 2.18 bits per heavy atom. The van der Waals surface area contributed by atoms with E-state index in [1.807, 2.05) is 12.1 Å². The van der Waals surface area contributed by atoms with E-state index in [0.717, 1.165) is 0 Å². The van der Waals surface area contributed by atoms with Crippen molar-refractivity contribution in [2.45, 2.75) is 13.0 Å². The molecule has 0 aromatic heterocycles. The summed E-state index contributed by atoms with van der Waals surface area (Å²) in [6.07, 6.45) is 0. The highest BCUT2D eigenvalue weighted by Crippen LogP contribution is 2.10. The van der Waals surface area contributed by atoms with Crippen molar-refractivity contribution >= 4 is 11.7 Å². The molecule has 17 heavy (non-hydrogen) atoms. The van der Waals surface area contributed by atoms with Crippen molar-refractivity contribution < 1.29 is 4.79 Å². The van der Waals surface area contributed by atoms with Gasteiger partial charge in [0, 0.05) is 12.7 Å². The predicted octanol–water partition coefficient (Wildman–Crippen LogP) is 1.93. The molecular weight excluding hydrogens is 216 g/mol. The Kier molecular flexibility index (Phi) is 4.08. The third kappa shape index (κ3) is 3.22. The lowest BCUT2D eigenvalue weighted by molar-refractivity contribution is 0.217. The number of hydrogen-bond donors (Lipinski definition) is 1. The van der Waals surface area contributed by atoms with Crippen LogP contribution in [0.1, 0.15) is 12.5 Å². The van der Waals surface area contributed by atoms with Crippen LogP contribution in [0.4, 0.5) is 10.5 Å². The zero-order chi connectivity index (χ0) is 12.8. The van der Waals surface area contributed by atoms with E-state index in [9.17, 15) is 4.79 Å². The minimum Gasteiger partial charge on any atom is -0.312 e. The van der Waals surface area contributed by atoms with Crippen molar-refractivity contribution in [2.24, 2.45) is 0 Å². The number of rotatable bonds is 2. The third-order valence-corrected chi connectivity index (χ3v) is 2.33. The largest absolute Gasteiger partial charge is 0.322 e. The summed E-state index contributed by atoms with van der Waals surface area (Å²) in [5.41, 5.74) is 1.00. The normalized spacial score (nSPS) is 10.8. The molecule has 1 rings (SSSR count). The van der Waals surface area contributed by atoms with Gasteiger partial charge in [0.25, 0.3) is 0 Å². The van der Waals surface area contributed by atoms with Crippen molar-refractivity contribution in [1.29, 1.82) is 10.5 Å². The summed E-state index contributed by atoms with van der Waals surface area (Å²) < 4.78 is 0. The predicted molar refractivity (Wildman–Crippen MR) is 63.0 cm³/mol. The number of urea groups is 1. The van der Waals surface area contributed by atoms with Crippen LogP contribution in [-0.4, -0.2) is 24.0 Å². The molecule has 1 N–H and O–H groups in total. The fraction of sp³-hybridized carbons (Fsp3) is 0.250. The SMILES string of the molecule is CC(C#N)N(C)C(=O)Nc1cccc(C#N)c1. The first kappa shape index (κ1) is 12.5. The molecule has 1 unspecified atom stereocenters. The second-order valence-electron chi connectivity index (χ2n) is 3.54. The van der Waals surface area contributed by atoms with Gasteiger partial charge in [0.15, 0.2) is 0 Å². The molecule has 1 aromatic rings. The maximum atomic E-state index is 11.7. The number of carbonyl (C=O) groups is 1. The van der Waals surface area contributed by atoms with Gasteiger partial charge >= 0.3 is 6.03 Å². The summed E-state index contributed by atoms with van der Waals surface area (Å²) in [5, 5.41) is 20.0. The number of carbonyl (C=O) groups excluding carboxylic acids is 1. The molecule has 86 valence electrons. The van der Waals surface area contributed by atoms with E-state index in [1.54, 1.807) is 31.2 Å². The molecule has 5 nitrogen and oxygen atoms in total. The lowest BCUT2D eigenvalue weighted by atomic mass is 10.2. The first-order chi connectivity index (χ1) is 8.08. The number of benzene rings is 1. The van der Waals surface area contributed by atoms with Crippen molar-refractivity contribution in [1.82, 2.24) is 4.90 Å². The summed E-state index contributed by atoms with van der Waals surface area (Å²) >= 11 is 0. The quantitative estimate of drug-likeness (QED) is 0.839. The first-order valence-corrected chi connectivity index (χ1v) is 5.02. The molecule has 0 saturated heterocycles. The van der Waals surface area contributed by atoms with E-state index in [-0.39, 0.29) is 6.03 Å². The summed E-state index contributed by atoms with van der Waals surface area (Å²) in [6, 6.07) is 9.66. The number of nitriles is 2. The van der Waals surface area contributed by atoms with Crippen molar-refractivity contribution in [2.75, 3.05) is 12.4 Å². The molecule has 0 fully saturated rings. The molecule has 0 aliphatic heterocycles. The number of nitrogens with one attached hydrogen (secondary N) is 1. The van der Waals surface area contributed by atoms with Gasteiger partial charge < -0.3 is 10.2 Å². The van der Waals surface area contributed by atoms with Gasteiger partial charge in [0.05, 0.1) is 17.7 Å². The Labute approximate surface area is 99.9 Å². The van der Waals surface area contributed by atoms with Gasteiger partial charge in [-0.05, 0) is 25.1 Å². The average Bonchev–Trinajstić information content (AvgIpc) is 2.37. The standard InChI is InChI=1S/C12H12N4O/c1-9(7-13)16(2)12(17)15-11-5-3-4-10(6-11)8-14/h3-6,9H,1-2H3,(H,15,17). The van der Waals surface area contributed by atoms with Crippen LogP contribution < -0.4 is 5.32 Å². The molecule has 0 heterocycles. The minimum absolute atomic E-state index is 0.380. The highest BCUT2D eigenvalue weighted by Gasteiger charge is 2.14. The molecule has 0 aliphatic carbocycles. The first-order valence-electron chi connectivity index (χ1n) is 5.02. The van der Waals surface area contributed by atoms with E-state index in [2.05, 4.69) is 5.32 Å². The smallest absolute Gasteiger partial charge is 0.312 e. The molecular formula is C12H12N4O. The van der Waals surface area contributed by atoms with Gasteiger partial charge in [-0.3, -0.25) is 0 Å². The number of amides is 2. The van der Waals surface area contributed by atoms with Crippen molar-refractivity contribution in [3.8, 4) is 12.1 Å². The van der Waals surface area contributed by atoms with Crippen LogP contribution in [-0.2, 0) is 0 Å². The lowest BCUT2D eigenvalue weighted by Gasteiger charge is -2.19. The minimum atomic E-state index is -0.505. The fourth-order valence-electron chi connectivity index (χ4n) is 1.14. The van der Waals surface area contributed by atoms with E-state index in [4.69, 9.17) is 10.5 Å². The van der Waals surface area contributed by atoms with Crippen LogP contribution in [0.3, 0.4) is 0 Å². The fourth-order valence-corrected chi connectivity index (χ4v) is 1.14. The summed E-state index contributed by atoms with van der Waals surface area (Å²) in [4.78, 5) is 13.0. The third-order valence-electron chi connectivity index (χ3n) is 2.33. The van der Waals surface area contributed by atoms with Crippen molar-refractivity contribution in [3.63, 3.8) is 0 Å². The molecule has 5 heteroatoms. The Bertz CT molecular complexity index is 498. The van der Waals surface area contributed by atoms with E-state index < -0.39 is 6.04 Å². The van der Waals surface area contributed by atoms with Gasteiger partial charge in [-0.1, -0.05) is 6.07 Å². The van der Waals surface area contributed by atoms with Gasteiger partial charge in [-0.25, -0.2) is 4.79 Å². The second-order valence-corrected chi connectivity index (χ2v) is 3.54. The highest BCUT2D eigenvalue weighted by atomic mass is 16.2. The van der Waals surface area contributed by atoms with Gasteiger partial charge in [-0.15, -0.1) is 0 Å². The molecule has 0 saturated carbocycles. The molecule has 0 spiro atoms. The van der Waals surface area contributed by atoms with Crippen LogP contribution in [0.2, 0.25) is 0 Å². The van der Waals surface area contributed by atoms with Crippen LogP contribution >= 0.6 is 0 Å². The molecule has 0 aliphatic rings. The second kappa shape index (κ2) is 5.53. The zero-order valence-corrected chi connectivity index (χ0v) is 9.64. The molecule has 2 amide bonds. The molecule has 1 atom stereocenters. The molecule has 1 aromatic carbocycles. The molecule has 0 bridgehead atoms. The van der Waals surface area contributed by atoms with Gasteiger partial charge in [-0.2, -0.15) is 10.5 Å². The Balaban J connectivity index is 2.75. The summed E-state index contributed by atoms with van der Waals surface area (Å²) in [6.45, 7) is 1.63. The summed E-state index contributed by atoms with van der Waals surface area (Å²) in [7, 11) is 1.54. The van der Waals surface area contributed by atoms with E-state index in [0.29, 0.717) is 11.3 Å². The highest BCUT2D eigenvalue weighted by molar-refractivity contribution is 5.89. The summed E-state index contributed by atoms with van der Waals surface area (Å²) in [5.74, 6) is 0. The van der Waals surface area contributed by atoms with Crippen LogP contribution in [0.5, 0.6) is 0 Å². The number of hydrogen-bond acceptors (Lipinski definition) is 3. The van der Waals surface area contributed by atoms with E-state index >= 15 is 0 Å². The Hall–Kier alpha value is -2.53. The van der Waals surface area contributed by atoms with Gasteiger partial charge in [0.1, 0.15) is 6.04 Å². The van der Waals surface area contributed by atoms with Crippen molar-refractivity contribution in [3.05, 3.63) is 29.8 Å². The van der Waals surface area contributed by atoms with Crippen LogP contribution in [0.15, 0.2) is 24.3 Å². The van der Waals surface area contributed by atoms with E-state index in [1.165, 1.54) is 11.9 Å². The van der Waals surface area contributed by atoms with Crippen LogP contribution in [0, 0.1) is 22.7 Å². The number of nitrogens with zero attached hydrogens (tertiary/aromatic N) is 3. The Morgan fingerprint density at radius 1 is 1.47 bits per heavy atom. The monoisotopic (exact) mass is 228 g/mol. The zero-order valence-electron chi connectivity index (χ0n) is 9.64. The number of anilines is 1. The topological polar surface area (TPSA) is 79.9 Å². The average molecular weight is 228 g/mol. The lowest BCUT2D eigenvalue weighted by Crippen LogP contribution is -2.37. The van der Waals surface area contributed by atoms with Crippen LogP contribution in [0.25, 0.3) is 0 Å². The maximum absolute atomic E-state index is 11.7. The Morgan fingerprint density at radius 3 is 2.76 bits per heavy atom. The van der Waals surface area contributed by atoms with Gasteiger partial charge in [0.2, 0.25) is 0 Å². The molecule has 0 radical (unpaired) electrons. The maximum Gasteiger partial charge on any atom is 0.322 e.